The van der Waals surface area contributed by atoms with E-state index < -0.39 is 5.60 Å². The van der Waals surface area contributed by atoms with Crippen molar-refractivity contribution in [1.82, 2.24) is 0 Å². The second-order valence-corrected chi connectivity index (χ2v) is 7.42. The van der Waals surface area contributed by atoms with Gasteiger partial charge in [0.05, 0.1) is 11.5 Å². The van der Waals surface area contributed by atoms with Gasteiger partial charge in [0.2, 0.25) is 0 Å². The molecule has 1 saturated carbocycles. The fourth-order valence-corrected chi connectivity index (χ4v) is 4.19. The highest BCUT2D eigenvalue weighted by molar-refractivity contribution is 5.60. The van der Waals surface area contributed by atoms with E-state index in [1.54, 1.807) is 0 Å². The van der Waals surface area contributed by atoms with Crippen LogP contribution in [0.3, 0.4) is 0 Å². The van der Waals surface area contributed by atoms with E-state index in [1.807, 2.05) is 0 Å². The Morgan fingerprint density at radius 3 is 2.43 bits per heavy atom. The van der Waals surface area contributed by atoms with Crippen LogP contribution in [0.15, 0.2) is 24.3 Å². The maximum atomic E-state index is 11.8. The smallest absolute Gasteiger partial charge is 0.126 e. The quantitative estimate of drug-likeness (QED) is 0.823. The Morgan fingerprint density at radius 2 is 1.90 bits per heavy atom. The molecule has 0 unspecified atom stereocenters. The molecule has 116 valence electrons. The lowest BCUT2D eigenvalue weighted by Crippen LogP contribution is -2.35. The van der Waals surface area contributed by atoms with Crippen molar-refractivity contribution in [2.24, 2.45) is 11.3 Å². The van der Waals surface area contributed by atoms with Crippen LogP contribution in [-0.2, 0) is 4.79 Å². The van der Waals surface area contributed by atoms with Gasteiger partial charge in [0.25, 0.3) is 0 Å². The summed E-state index contributed by atoms with van der Waals surface area (Å²) in [5, 5.41) is 11.1. The Morgan fingerprint density at radius 1 is 1.29 bits per heavy atom. The van der Waals surface area contributed by atoms with Crippen molar-refractivity contribution in [2.75, 3.05) is 0 Å². The second-order valence-electron chi connectivity index (χ2n) is 7.42. The number of unbranched alkanes of at least 4 members (excludes halogenated alkanes) is 1. The normalized spacial score (nSPS) is 31.3. The maximum Gasteiger partial charge on any atom is 0.126 e. The number of aliphatic hydroxyl groups is 1. The third-order valence-corrected chi connectivity index (χ3v) is 5.13. The SMILES string of the molecule is CCCC[C@]1(O)CC(C)(C)[C@H](c2ccc(C)cc2)[C@H]1C=O. The van der Waals surface area contributed by atoms with Crippen LogP contribution in [0.5, 0.6) is 0 Å². The van der Waals surface area contributed by atoms with Gasteiger partial charge in [-0.25, -0.2) is 0 Å². The molecule has 0 heterocycles. The molecule has 1 aromatic carbocycles. The van der Waals surface area contributed by atoms with Crippen LogP contribution in [-0.4, -0.2) is 17.0 Å². The Kier molecular flexibility index (Phi) is 4.57. The summed E-state index contributed by atoms with van der Waals surface area (Å²) in [5.41, 5.74) is 1.48. The van der Waals surface area contributed by atoms with Crippen molar-refractivity contribution < 1.29 is 9.90 Å². The van der Waals surface area contributed by atoms with Crippen LogP contribution in [0.25, 0.3) is 0 Å². The number of aldehydes is 1. The van der Waals surface area contributed by atoms with Gasteiger partial charge in [0.15, 0.2) is 0 Å². The number of aryl methyl sites for hydroxylation is 1. The van der Waals surface area contributed by atoms with Gasteiger partial charge >= 0.3 is 0 Å². The van der Waals surface area contributed by atoms with Crippen LogP contribution < -0.4 is 0 Å². The summed E-state index contributed by atoms with van der Waals surface area (Å²) in [7, 11) is 0. The zero-order valence-electron chi connectivity index (χ0n) is 13.7. The number of rotatable bonds is 5. The summed E-state index contributed by atoms with van der Waals surface area (Å²) in [4.78, 5) is 11.8. The van der Waals surface area contributed by atoms with E-state index in [-0.39, 0.29) is 17.3 Å². The van der Waals surface area contributed by atoms with Gasteiger partial charge in [0, 0.05) is 5.92 Å². The van der Waals surface area contributed by atoms with Crippen LogP contribution in [0, 0.1) is 18.3 Å². The van der Waals surface area contributed by atoms with E-state index in [0.717, 1.165) is 25.5 Å². The lowest BCUT2D eigenvalue weighted by Gasteiger charge is -2.30. The summed E-state index contributed by atoms with van der Waals surface area (Å²) < 4.78 is 0. The Bertz CT molecular complexity index is 489. The van der Waals surface area contributed by atoms with Gasteiger partial charge < -0.3 is 9.90 Å². The first-order chi connectivity index (χ1) is 9.84. The van der Waals surface area contributed by atoms with E-state index in [9.17, 15) is 9.90 Å². The molecule has 0 spiro atoms. The van der Waals surface area contributed by atoms with Crippen LogP contribution in [0.2, 0.25) is 0 Å². The minimum absolute atomic E-state index is 0.0661. The van der Waals surface area contributed by atoms with Gasteiger partial charge in [-0.15, -0.1) is 0 Å². The molecular weight excluding hydrogens is 260 g/mol. The summed E-state index contributed by atoms with van der Waals surface area (Å²) in [5.74, 6) is -0.209. The highest BCUT2D eigenvalue weighted by Gasteiger charge is 2.56. The molecule has 0 saturated heterocycles. The molecule has 1 aromatic rings. The predicted octanol–water partition coefficient (Wildman–Crippen LogP) is 4.24. The van der Waals surface area contributed by atoms with E-state index in [1.165, 1.54) is 11.1 Å². The molecule has 0 bridgehead atoms. The first-order valence-electron chi connectivity index (χ1n) is 8.08. The van der Waals surface area contributed by atoms with Gasteiger partial charge in [-0.05, 0) is 30.7 Å². The van der Waals surface area contributed by atoms with Crippen molar-refractivity contribution in [2.45, 2.75) is 64.9 Å². The third kappa shape index (κ3) is 3.06. The fraction of sp³-hybridized carbons (Fsp3) is 0.632. The lowest BCUT2D eigenvalue weighted by atomic mass is 9.74. The highest BCUT2D eigenvalue weighted by Crippen LogP contribution is 2.57. The van der Waals surface area contributed by atoms with Crippen molar-refractivity contribution in [1.29, 1.82) is 0 Å². The molecule has 3 atom stereocenters. The molecule has 21 heavy (non-hydrogen) atoms. The first-order valence-corrected chi connectivity index (χ1v) is 8.08. The average Bonchev–Trinajstić information content (AvgIpc) is 2.63. The van der Waals surface area contributed by atoms with E-state index >= 15 is 0 Å². The molecule has 1 N–H and O–H groups in total. The third-order valence-electron chi connectivity index (χ3n) is 5.13. The zero-order chi connectivity index (χ0) is 15.7. The highest BCUT2D eigenvalue weighted by atomic mass is 16.3. The minimum atomic E-state index is -0.850. The second kappa shape index (κ2) is 5.92. The Hall–Kier alpha value is -1.15. The van der Waals surface area contributed by atoms with Crippen LogP contribution >= 0.6 is 0 Å². The Balaban J connectivity index is 2.38. The molecule has 0 amide bonds. The maximum absolute atomic E-state index is 11.8. The summed E-state index contributed by atoms with van der Waals surface area (Å²) in [6.07, 6.45) is 4.43. The minimum Gasteiger partial charge on any atom is -0.389 e. The molecule has 2 nitrogen and oxygen atoms in total. The summed E-state index contributed by atoms with van der Waals surface area (Å²) in [6, 6.07) is 8.42. The molecule has 1 aliphatic carbocycles. The number of benzene rings is 1. The molecule has 0 aliphatic heterocycles. The Labute approximate surface area is 128 Å². The number of carbonyl (C=O) groups is 1. The van der Waals surface area contributed by atoms with Crippen molar-refractivity contribution >= 4 is 6.29 Å². The monoisotopic (exact) mass is 288 g/mol. The molecule has 2 rings (SSSR count). The van der Waals surface area contributed by atoms with Crippen LogP contribution in [0.4, 0.5) is 0 Å². The number of hydrogen-bond donors (Lipinski definition) is 1. The van der Waals surface area contributed by atoms with Crippen molar-refractivity contribution in [3.8, 4) is 0 Å². The largest absolute Gasteiger partial charge is 0.389 e. The van der Waals surface area contributed by atoms with Gasteiger partial charge in [-0.1, -0.05) is 63.4 Å². The lowest BCUT2D eigenvalue weighted by molar-refractivity contribution is -0.119. The number of carbonyl (C=O) groups excluding carboxylic acids is 1. The van der Waals surface area contributed by atoms with Gasteiger partial charge in [0.1, 0.15) is 6.29 Å². The summed E-state index contributed by atoms with van der Waals surface area (Å²) in [6.45, 7) is 8.55. The molecule has 1 fully saturated rings. The number of hydrogen-bond acceptors (Lipinski definition) is 2. The van der Waals surface area contributed by atoms with E-state index in [0.29, 0.717) is 6.42 Å². The molecule has 0 radical (unpaired) electrons. The van der Waals surface area contributed by atoms with Crippen LogP contribution in [0.1, 0.15) is 63.5 Å². The van der Waals surface area contributed by atoms with E-state index in [2.05, 4.69) is 52.0 Å². The van der Waals surface area contributed by atoms with Gasteiger partial charge in [-0.2, -0.15) is 0 Å². The van der Waals surface area contributed by atoms with Crippen molar-refractivity contribution in [3.05, 3.63) is 35.4 Å². The first kappa shape index (κ1) is 16.2. The predicted molar refractivity (Wildman–Crippen MR) is 86.3 cm³/mol. The average molecular weight is 288 g/mol. The molecule has 2 heteroatoms. The van der Waals surface area contributed by atoms with Crippen molar-refractivity contribution in [3.63, 3.8) is 0 Å². The molecule has 1 aliphatic rings. The molecular formula is C19H28O2. The van der Waals surface area contributed by atoms with Gasteiger partial charge in [-0.3, -0.25) is 0 Å². The van der Waals surface area contributed by atoms with E-state index in [4.69, 9.17) is 0 Å². The standard InChI is InChI=1S/C19H28O2/c1-5-6-11-19(21)13-18(3,4)17(16(19)12-20)15-9-7-14(2)8-10-15/h7-10,12,16-17,21H,5-6,11,13H2,1-4H3/t16-,17-,19+/m1/s1. The molecule has 0 aromatic heterocycles. The fourth-order valence-electron chi connectivity index (χ4n) is 4.19. The zero-order valence-corrected chi connectivity index (χ0v) is 13.7. The summed E-state index contributed by atoms with van der Waals surface area (Å²) >= 11 is 0. The topological polar surface area (TPSA) is 37.3 Å².